The van der Waals surface area contributed by atoms with Gasteiger partial charge in [0.2, 0.25) is 0 Å². The lowest BCUT2D eigenvalue weighted by atomic mass is 10.1. The molecule has 9 nitrogen and oxygen atoms in total. The first-order valence-electron chi connectivity index (χ1n) is 9.08. The number of carbonyl (C=O) groups is 4. The number of ketones is 1. The van der Waals surface area contributed by atoms with Crippen LogP contribution in [0.2, 0.25) is 0 Å². The summed E-state index contributed by atoms with van der Waals surface area (Å²) in [5.41, 5.74) is -0.196. The van der Waals surface area contributed by atoms with E-state index < -0.39 is 45.8 Å². The van der Waals surface area contributed by atoms with E-state index in [1.165, 1.54) is 55.5 Å². The van der Waals surface area contributed by atoms with Crippen LogP contribution >= 0.6 is 0 Å². The Labute approximate surface area is 177 Å². The molecule has 31 heavy (non-hydrogen) atoms. The molecule has 160 valence electrons. The van der Waals surface area contributed by atoms with Crippen molar-refractivity contribution < 1.29 is 37.4 Å². The third-order valence-corrected chi connectivity index (χ3v) is 6.25. The molecule has 1 N–H and O–H groups in total. The zero-order chi connectivity index (χ0) is 22.8. The first-order valence-corrected chi connectivity index (χ1v) is 10.5. The van der Waals surface area contributed by atoms with Gasteiger partial charge in [-0.05, 0) is 42.8 Å². The highest BCUT2D eigenvalue weighted by molar-refractivity contribution is 7.90. The van der Waals surface area contributed by atoms with Gasteiger partial charge in [0.1, 0.15) is 17.0 Å². The molecular weight excluding hydrogens is 426 g/mol. The zero-order valence-corrected chi connectivity index (χ0v) is 17.1. The molecule has 2 aromatic carbocycles. The lowest BCUT2D eigenvalue weighted by Crippen LogP contribution is -2.36. The number of amides is 1. The van der Waals surface area contributed by atoms with E-state index in [1.807, 2.05) is 0 Å². The number of Topliss-reactive ketones (excluding diaryl/α,β-unsaturated/α-hetero) is 1. The van der Waals surface area contributed by atoms with Crippen LogP contribution in [0.3, 0.4) is 0 Å². The van der Waals surface area contributed by atoms with Gasteiger partial charge in [-0.25, -0.2) is 22.3 Å². The Morgan fingerprint density at radius 2 is 1.71 bits per heavy atom. The minimum atomic E-state index is -4.23. The number of aromatic carboxylic acids is 1. The summed E-state index contributed by atoms with van der Waals surface area (Å²) in [6.45, 7) is 0.619. The standard InChI is InChI=1S/C21H17NO8S/c1-2-30-21(27)16(11-13-7-9-14(10-8-13)20(25)26)17(23)12-22-19(24)15-5-3-4-6-18(15)31(22,28)29/h3-11H,2,12H2,1H3,(H,25,26)/b16-11+. The van der Waals surface area contributed by atoms with Crippen LogP contribution in [0.1, 0.15) is 33.2 Å². The van der Waals surface area contributed by atoms with Crippen molar-refractivity contribution in [2.75, 3.05) is 13.2 Å². The number of rotatable bonds is 7. The van der Waals surface area contributed by atoms with Crippen molar-refractivity contribution in [1.82, 2.24) is 4.31 Å². The van der Waals surface area contributed by atoms with E-state index in [0.717, 1.165) is 6.08 Å². The molecule has 2 aromatic rings. The van der Waals surface area contributed by atoms with Crippen molar-refractivity contribution in [3.8, 4) is 0 Å². The van der Waals surface area contributed by atoms with Gasteiger partial charge in [-0.3, -0.25) is 9.59 Å². The molecular formula is C21H17NO8S. The number of ether oxygens (including phenoxy) is 1. The second kappa shape index (κ2) is 8.52. The van der Waals surface area contributed by atoms with Crippen LogP contribution in [-0.2, 0) is 24.3 Å². The predicted octanol–water partition coefficient (Wildman–Crippen LogP) is 1.75. The lowest BCUT2D eigenvalue weighted by molar-refractivity contribution is -0.139. The van der Waals surface area contributed by atoms with E-state index in [4.69, 9.17) is 9.84 Å². The Kier molecular flexibility index (Phi) is 6.02. The summed E-state index contributed by atoms with van der Waals surface area (Å²) in [5, 5.41) is 8.97. The van der Waals surface area contributed by atoms with Crippen LogP contribution in [0.15, 0.2) is 59.0 Å². The largest absolute Gasteiger partial charge is 0.478 e. The molecule has 0 unspecified atom stereocenters. The van der Waals surface area contributed by atoms with E-state index in [-0.39, 0.29) is 22.6 Å². The quantitative estimate of drug-likeness (QED) is 0.296. The molecule has 0 radical (unpaired) electrons. The second-order valence-electron chi connectivity index (χ2n) is 6.44. The van der Waals surface area contributed by atoms with E-state index in [0.29, 0.717) is 9.87 Å². The number of hydrogen-bond acceptors (Lipinski definition) is 7. The molecule has 1 amide bonds. The third-order valence-electron chi connectivity index (χ3n) is 4.46. The number of fused-ring (bicyclic) bond motifs is 1. The van der Waals surface area contributed by atoms with Crippen LogP contribution in [0.5, 0.6) is 0 Å². The lowest BCUT2D eigenvalue weighted by Gasteiger charge is -2.15. The number of esters is 1. The average Bonchev–Trinajstić information content (AvgIpc) is 2.93. The maximum Gasteiger partial charge on any atom is 0.341 e. The maximum atomic E-state index is 12.9. The highest BCUT2D eigenvalue weighted by atomic mass is 32.2. The molecule has 3 rings (SSSR count). The fraction of sp³-hybridized carbons (Fsp3) is 0.143. The van der Waals surface area contributed by atoms with Crippen LogP contribution in [0.25, 0.3) is 6.08 Å². The van der Waals surface area contributed by atoms with Gasteiger partial charge < -0.3 is 9.84 Å². The van der Waals surface area contributed by atoms with Gasteiger partial charge in [0, 0.05) is 0 Å². The summed E-state index contributed by atoms with van der Waals surface area (Å²) in [6, 6.07) is 10.9. The summed E-state index contributed by atoms with van der Waals surface area (Å²) >= 11 is 0. The van der Waals surface area contributed by atoms with Crippen LogP contribution in [0.4, 0.5) is 0 Å². The van der Waals surface area contributed by atoms with Gasteiger partial charge in [-0.1, -0.05) is 24.3 Å². The topological polar surface area (TPSA) is 135 Å². The number of carboxylic acids is 1. The Bertz CT molecular complexity index is 1210. The van der Waals surface area contributed by atoms with Gasteiger partial charge in [-0.15, -0.1) is 0 Å². The SMILES string of the molecule is CCOC(=O)/C(=C/c1ccc(C(=O)O)cc1)C(=O)CN1C(=O)c2ccccc2S1(=O)=O. The van der Waals surface area contributed by atoms with Crippen molar-refractivity contribution in [2.24, 2.45) is 0 Å². The number of hydrogen-bond donors (Lipinski definition) is 1. The number of carboxylic acid groups (broad SMARTS) is 1. The van der Waals surface area contributed by atoms with Gasteiger partial charge in [0.25, 0.3) is 15.9 Å². The fourth-order valence-corrected chi connectivity index (χ4v) is 4.48. The third kappa shape index (κ3) is 4.24. The fourth-order valence-electron chi connectivity index (χ4n) is 2.95. The summed E-state index contributed by atoms with van der Waals surface area (Å²) in [6.07, 6.45) is 1.16. The second-order valence-corrected chi connectivity index (χ2v) is 8.27. The van der Waals surface area contributed by atoms with E-state index in [1.54, 1.807) is 0 Å². The summed E-state index contributed by atoms with van der Waals surface area (Å²) in [5.74, 6) is -3.94. The summed E-state index contributed by atoms with van der Waals surface area (Å²) in [7, 11) is -4.23. The summed E-state index contributed by atoms with van der Waals surface area (Å²) in [4.78, 5) is 48.5. The molecule has 0 bridgehead atoms. The Morgan fingerprint density at radius 1 is 1.06 bits per heavy atom. The minimum Gasteiger partial charge on any atom is -0.478 e. The number of benzene rings is 2. The van der Waals surface area contributed by atoms with Crippen LogP contribution < -0.4 is 0 Å². The molecule has 0 fully saturated rings. The van der Waals surface area contributed by atoms with E-state index in [2.05, 4.69) is 0 Å². The number of sulfonamides is 1. The Hall–Kier alpha value is -3.79. The summed E-state index contributed by atoms with van der Waals surface area (Å²) < 4.78 is 30.6. The Morgan fingerprint density at radius 3 is 2.29 bits per heavy atom. The molecule has 10 heteroatoms. The molecule has 1 aliphatic heterocycles. The molecule has 1 aliphatic rings. The van der Waals surface area contributed by atoms with Crippen molar-refractivity contribution in [2.45, 2.75) is 11.8 Å². The average molecular weight is 443 g/mol. The highest BCUT2D eigenvalue weighted by Gasteiger charge is 2.42. The smallest absolute Gasteiger partial charge is 0.341 e. The Balaban J connectivity index is 1.94. The molecule has 1 heterocycles. The first kappa shape index (κ1) is 21.9. The number of nitrogens with zero attached hydrogens (tertiary/aromatic N) is 1. The van der Waals surface area contributed by atoms with Crippen molar-refractivity contribution in [3.63, 3.8) is 0 Å². The molecule has 0 saturated heterocycles. The van der Waals surface area contributed by atoms with Gasteiger partial charge in [0.15, 0.2) is 5.78 Å². The van der Waals surface area contributed by atoms with Crippen molar-refractivity contribution in [3.05, 3.63) is 70.8 Å². The maximum absolute atomic E-state index is 12.9. The van der Waals surface area contributed by atoms with Crippen molar-refractivity contribution in [1.29, 1.82) is 0 Å². The minimum absolute atomic E-state index is 0.00711. The molecule has 0 atom stereocenters. The molecule has 0 aliphatic carbocycles. The zero-order valence-electron chi connectivity index (χ0n) is 16.3. The van der Waals surface area contributed by atoms with E-state index in [9.17, 15) is 27.6 Å². The van der Waals surface area contributed by atoms with Gasteiger partial charge in [-0.2, -0.15) is 0 Å². The highest BCUT2D eigenvalue weighted by Crippen LogP contribution is 2.30. The first-order chi connectivity index (χ1) is 14.7. The molecule has 0 spiro atoms. The molecule has 0 saturated carbocycles. The van der Waals surface area contributed by atoms with Crippen LogP contribution in [-0.4, -0.2) is 54.6 Å². The normalized spacial score (nSPS) is 14.8. The van der Waals surface area contributed by atoms with Gasteiger partial charge in [0.05, 0.1) is 17.7 Å². The van der Waals surface area contributed by atoms with Crippen molar-refractivity contribution >= 4 is 39.7 Å². The number of carbonyl (C=O) groups excluding carboxylic acids is 3. The van der Waals surface area contributed by atoms with Gasteiger partial charge >= 0.3 is 11.9 Å². The van der Waals surface area contributed by atoms with Crippen LogP contribution in [0, 0.1) is 0 Å². The predicted molar refractivity (Wildman–Crippen MR) is 108 cm³/mol. The monoisotopic (exact) mass is 443 g/mol. The van der Waals surface area contributed by atoms with E-state index >= 15 is 0 Å². The molecule has 0 aromatic heterocycles.